The van der Waals surface area contributed by atoms with Crippen molar-refractivity contribution >= 4 is 27.3 Å². The summed E-state index contributed by atoms with van der Waals surface area (Å²) in [5, 5.41) is 5.68. The van der Waals surface area contributed by atoms with Crippen LogP contribution in [0.5, 0.6) is 0 Å². The van der Waals surface area contributed by atoms with Crippen molar-refractivity contribution in [3.05, 3.63) is 45.7 Å². The highest BCUT2D eigenvalue weighted by atomic mass is 32.2. The first kappa shape index (κ1) is 20.9. The normalized spacial score (nSPS) is 16.5. The van der Waals surface area contributed by atoms with Crippen LogP contribution in [0.2, 0.25) is 0 Å². The monoisotopic (exact) mass is 425 g/mol. The summed E-state index contributed by atoms with van der Waals surface area (Å²) in [5.41, 5.74) is -0.0428. The third kappa shape index (κ3) is 4.26. The van der Waals surface area contributed by atoms with Crippen LogP contribution in [0.3, 0.4) is 0 Å². The molecule has 9 heteroatoms. The number of rotatable bonds is 6. The summed E-state index contributed by atoms with van der Waals surface area (Å²) in [6.07, 6.45) is 3.32. The molecular formula is C19H24FN3O3S2. The molecule has 28 heavy (non-hydrogen) atoms. The van der Waals surface area contributed by atoms with Gasteiger partial charge in [-0.05, 0) is 51.8 Å². The molecule has 0 saturated heterocycles. The van der Waals surface area contributed by atoms with Crippen LogP contribution in [0.4, 0.5) is 4.39 Å². The highest BCUT2D eigenvalue weighted by Crippen LogP contribution is 2.40. The second-order valence-corrected chi connectivity index (χ2v) is 10.0. The minimum Gasteiger partial charge on any atom is -0.340 e. The summed E-state index contributed by atoms with van der Waals surface area (Å²) in [7, 11) is -3.83. The molecule has 1 saturated carbocycles. The molecule has 1 aromatic carbocycles. The molecule has 2 N–H and O–H groups in total. The Bertz CT molecular complexity index is 980. The third-order valence-corrected chi connectivity index (χ3v) is 7.54. The minimum atomic E-state index is -3.83. The van der Waals surface area contributed by atoms with E-state index in [9.17, 15) is 17.6 Å². The number of hydrogen-bond acceptors (Lipinski definition) is 5. The smallest absolute Gasteiger partial charge is 0.255 e. The highest BCUT2D eigenvalue weighted by molar-refractivity contribution is 7.89. The fraction of sp³-hybridized carbons (Fsp3) is 0.474. The van der Waals surface area contributed by atoms with Gasteiger partial charge in [-0.1, -0.05) is 12.8 Å². The molecule has 1 heterocycles. The lowest BCUT2D eigenvalue weighted by Gasteiger charge is -2.28. The van der Waals surface area contributed by atoms with Gasteiger partial charge in [-0.2, -0.15) is 0 Å². The molecule has 3 rings (SSSR count). The van der Waals surface area contributed by atoms with Gasteiger partial charge in [0.15, 0.2) is 0 Å². The van der Waals surface area contributed by atoms with Gasteiger partial charge in [-0.15, -0.1) is 11.3 Å². The lowest BCUT2D eigenvalue weighted by molar-refractivity contribution is 0.0893. The standard InChI is InChI=1S/C19H24FN3O3S2/c1-12(2)23-28(25,26)14-6-7-16(20)15(10-14)17(24)22-19(8-4-5-9-19)18-21-13(3)11-27-18/h6-7,10-12,23H,4-5,8-9H2,1-3H3,(H,22,24). The first-order valence-electron chi connectivity index (χ1n) is 9.20. The number of thiazole rings is 1. The Morgan fingerprint density at radius 2 is 1.96 bits per heavy atom. The van der Waals surface area contributed by atoms with E-state index in [2.05, 4.69) is 15.0 Å². The molecule has 1 amide bonds. The van der Waals surface area contributed by atoms with Crippen LogP contribution in [0.1, 0.15) is 60.6 Å². The van der Waals surface area contributed by atoms with Crippen molar-refractivity contribution in [1.29, 1.82) is 0 Å². The summed E-state index contributed by atoms with van der Waals surface area (Å²) < 4.78 is 41.6. The maximum absolute atomic E-state index is 14.4. The van der Waals surface area contributed by atoms with E-state index in [-0.39, 0.29) is 16.5 Å². The van der Waals surface area contributed by atoms with E-state index in [1.54, 1.807) is 13.8 Å². The van der Waals surface area contributed by atoms with Gasteiger partial charge in [-0.25, -0.2) is 22.5 Å². The van der Waals surface area contributed by atoms with Gasteiger partial charge in [0.05, 0.1) is 16.0 Å². The number of amides is 1. The van der Waals surface area contributed by atoms with Crippen LogP contribution in [0.15, 0.2) is 28.5 Å². The van der Waals surface area contributed by atoms with Crippen molar-refractivity contribution in [3.8, 4) is 0 Å². The zero-order valence-electron chi connectivity index (χ0n) is 16.1. The molecule has 1 aliphatic carbocycles. The van der Waals surface area contributed by atoms with Gasteiger partial charge in [0.1, 0.15) is 10.8 Å². The number of aryl methyl sites for hydroxylation is 1. The van der Waals surface area contributed by atoms with E-state index >= 15 is 0 Å². The van der Waals surface area contributed by atoms with Crippen LogP contribution < -0.4 is 10.0 Å². The van der Waals surface area contributed by atoms with Crippen molar-refractivity contribution < 1.29 is 17.6 Å². The average Bonchev–Trinajstić information content (AvgIpc) is 3.23. The van der Waals surface area contributed by atoms with E-state index in [1.807, 2.05) is 12.3 Å². The second kappa shape index (κ2) is 7.88. The lowest BCUT2D eigenvalue weighted by Crippen LogP contribution is -2.44. The molecule has 1 aliphatic rings. The number of hydrogen-bond donors (Lipinski definition) is 2. The molecule has 6 nitrogen and oxygen atoms in total. The molecule has 0 atom stereocenters. The van der Waals surface area contributed by atoms with Gasteiger partial charge >= 0.3 is 0 Å². The number of benzene rings is 1. The van der Waals surface area contributed by atoms with Crippen LogP contribution in [0, 0.1) is 12.7 Å². The SMILES string of the molecule is Cc1csc(C2(NC(=O)c3cc(S(=O)(=O)NC(C)C)ccc3F)CCCC2)n1. The Labute approximate surface area is 168 Å². The summed E-state index contributed by atoms with van der Waals surface area (Å²) >= 11 is 1.48. The van der Waals surface area contributed by atoms with E-state index in [1.165, 1.54) is 11.3 Å². The van der Waals surface area contributed by atoms with E-state index in [4.69, 9.17) is 0 Å². The average molecular weight is 426 g/mol. The number of sulfonamides is 1. The molecule has 2 aromatic rings. The first-order valence-corrected chi connectivity index (χ1v) is 11.6. The number of aromatic nitrogens is 1. The topological polar surface area (TPSA) is 88.2 Å². The second-order valence-electron chi connectivity index (χ2n) is 7.46. The van der Waals surface area contributed by atoms with Crippen LogP contribution in [0.25, 0.3) is 0 Å². The maximum Gasteiger partial charge on any atom is 0.255 e. The lowest BCUT2D eigenvalue weighted by atomic mass is 9.97. The quantitative estimate of drug-likeness (QED) is 0.742. The minimum absolute atomic E-state index is 0.140. The van der Waals surface area contributed by atoms with Crippen LogP contribution in [-0.2, 0) is 15.6 Å². The van der Waals surface area contributed by atoms with E-state index in [0.717, 1.165) is 54.6 Å². The van der Waals surface area contributed by atoms with Gasteiger partial charge in [-0.3, -0.25) is 4.79 Å². The molecule has 0 radical (unpaired) electrons. The molecule has 0 bridgehead atoms. The molecule has 1 fully saturated rings. The van der Waals surface area contributed by atoms with Gasteiger partial charge in [0.2, 0.25) is 10.0 Å². The van der Waals surface area contributed by atoms with E-state index < -0.39 is 27.3 Å². The molecule has 1 aromatic heterocycles. The zero-order valence-corrected chi connectivity index (χ0v) is 17.7. The molecule has 0 spiro atoms. The van der Waals surface area contributed by atoms with Crippen LogP contribution >= 0.6 is 11.3 Å². The Morgan fingerprint density at radius 3 is 2.54 bits per heavy atom. The third-order valence-electron chi connectivity index (χ3n) is 4.72. The Hall–Kier alpha value is -1.84. The van der Waals surface area contributed by atoms with Crippen molar-refractivity contribution in [1.82, 2.24) is 15.0 Å². The summed E-state index contributed by atoms with van der Waals surface area (Å²) in [6.45, 7) is 5.27. The number of carbonyl (C=O) groups excluding carboxylic acids is 1. The number of nitrogens with one attached hydrogen (secondary N) is 2. The molecule has 152 valence electrons. The fourth-order valence-electron chi connectivity index (χ4n) is 3.45. The predicted octanol–water partition coefficient (Wildman–Crippen LogP) is 3.48. The van der Waals surface area contributed by atoms with Crippen molar-refractivity contribution in [2.24, 2.45) is 0 Å². The summed E-state index contributed by atoms with van der Waals surface area (Å²) in [5.74, 6) is -1.39. The number of carbonyl (C=O) groups is 1. The Kier molecular flexibility index (Phi) is 5.88. The Balaban J connectivity index is 1.93. The van der Waals surface area contributed by atoms with E-state index in [0.29, 0.717) is 0 Å². The summed E-state index contributed by atoms with van der Waals surface area (Å²) in [6, 6.07) is 2.94. The number of nitrogens with zero attached hydrogens (tertiary/aromatic N) is 1. The maximum atomic E-state index is 14.4. The molecule has 0 unspecified atom stereocenters. The number of halogens is 1. The Morgan fingerprint density at radius 1 is 1.29 bits per heavy atom. The van der Waals surface area contributed by atoms with Gasteiger partial charge in [0, 0.05) is 17.1 Å². The highest BCUT2D eigenvalue weighted by Gasteiger charge is 2.40. The predicted molar refractivity (Wildman–Crippen MR) is 106 cm³/mol. The van der Waals surface area contributed by atoms with Gasteiger partial charge in [0.25, 0.3) is 5.91 Å². The molecule has 0 aliphatic heterocycles. The zero-order chi connectivity index (χ0) is 20.5. The summed E-state index contributed by atoms with van der Waals surface area (Å²) in [4.78, 5) is 17.3. The fourth-order valence-corrected chi connectivity index (χ4v) is 5.74. The van der Waals surface area contributed by atoms with Crippen LogP contribution in [-0.4, -0.2) is 25.4 Å². The van der Waals surface area contributed by atoms with Gasteiger partial charge < -0.3 is 5.32 Å². The first-order chi connectivity index (χ1) is 13.1. The van der Waals surface area contributed by atoms with Crippen molar-refractivity contribution in [3.63, 3.8) is 0 Å². The molecular weight excluding hydrogens is 401 g/mol. The van der Waals surface area contributed by atoms with Crippen molar-refractivity contribution in [2.45, 2.75) is 62.9 Å². The largest absolute Gasteiger partial charge is 0.340 e. The van der Waals surface area contributed by atoms with Crippen molar-refractivity contribution in [2.75, 3.05) is 0 Å².